The smallest absolute Gasteiger partial charge is 0.254 e. The van der Waals surface area contributed by atoms with Crippen molar-refractivity contribution in [1.29, 1.82) is 5.26 Å². The first-order valence-electron chi connectivity index (χ1n) is 11.2. The van der Waals surface area contributed by atoms with Gasteiger partial charge in [-0.25, -0.2) is 0 Å². The molecule has 0 bridgehead atoms. The highest BCUT2D eigenvalue weighted by Crippen LogP contribution is 2.33. The number of aromatic nitrogens is 1. The summed E-state index contributed by atoms with van der Waals surface area (Å²) in [4.78, 5) is 40.2. The molecule has 0 fully saturated rings. The van der Waals surface area contributed by atoms with Crippen LogP contribution in [0.25, 0.3) is 11.1 Å². The third-order valence-electron chi connectivity index (χ3n) is 6.28. The first-order valence-corrected chi connectivity index (χ1v) is 11.5. The van der Waals surface area contributed by atoms with Crippen molar-refractivity contribution in [2.75, 3.05) is 14.2 Å². The third-order valence-corrected chi connectivity index (χ3v) is 6.52. The maximum Gasteiger partial charge on any atom is 0.254 e. The van der Waals surface area contributed by atoms with Crippen molar-refractivity contribution in [3.05, 3.63) is 86.3 Å². The van der Waals surface area contributed by atoms with Gasteiger partial charge in [-0.1, -0.05) is 30.7 Å². The van der Waals surface area contributed by atoms with Crippen molar-refractivity contribution in [1.82, 2.24) is 9.47 Å². The number of benzene rings is 2. The number of rotatable bonds is 7. The lowest BCUT2D eigenvalue weighted by molar-refractivity contribution is -0.121. The predicted octanol–water partition coefficient (Wildman–Crippen LogP) is 4.40. The maximum absolute atomic E-state index is 13.3. The van der Waals surface area contributed by atoms with Crippen LogP contribution in [0.15, 0.2) is 53.5 Å². The number of pyridine rings is 1. The van der Waals surface area contributed by atoms with E-state index in [2.05, 4.69) is 6.07 Å². The Hall–Kier alpha value is -3.89. The molecular formula is C27H24ClN3O4. The number of hydrogen-bond donors (Lipinski definition) is 0. The number of carbonyl (C=O) groups excluding carboxylic acids is 2. The average Bonchev–Trinajstić information content (AvgIpc) is 3.12. The molecule has 7 nitrogen and oxygen atoms in total. The molecule has 2 heterocycles. The van der Waals surface area contributed by atoms with Gasteiger partial charge < -0.3 is 14.2 Å². The van der Waals surface area contributed by atoms with Crippen LogP contribution in [0, 0.1) is 11.3 Å². The number of halogens is 1. The van der Waals surface area contributed by atoms with E-state index in [1.54, 1.807) is 42.3 Å². The number of nitrogens with zero attached hydrogens (tertiary/aromatic N) is 3. The monoisotopic (exact) mass is 489 g/mol. The molecule has 1 aromatic heterocycles. The van der Waals surface area contributed by atoms with Crippen LogP contribution >= 0.6 is 11.6 Å². The van der Waals surface area contributed by atoms with Crippen molar-refractivity contribution in [3.8, 4) is 22.9 Å². The molecule has 0 saturated heterocycles. The first kappa shape index (κ1) is 24.2. The summed E-state index contributed by atoms with van der Waals surface area (Å²) >= 11 is 6.13. The standard InChI is InChI=1S/C27H24ClN3O4/c1-4-23(24(32)10-16-5-8-20-18(9-16)14-30(2)27(20)34)31-15-25(35-3)22(12-26(31)33)21-11-19(28)7-6-17(21)13-29/h5-9,11-12,15,23H,4,10,14H2,1-3H3. The lowest BCUT2D eigenvalue weighted by atomic mass is 9.97. The van der Waals surface area contributed by atoms with Crippen LogP contribution in [0.4, 0.5) is 0 Å². The molecule has 0 aliphatic carbocycles. The number of Topliss-reactive ketones (excluding diaryl/α,β-unsaturated/α-hetero) is 1. The molecule has 1 amide bonds. The fourth-order valence-corrected chi connectivity index (χ4v) is 4.68. The van der Waals surface area contributed by atoms with Crippen molar-refractivity contribution in [3.63, 3.8) is 0 Å². The highest BCUT2D eigenvalue weighted by molar-refractivity contribution is 6.31. The zero-order chi connectivity index (χ0) is 25.3. The van der Waals surface area contributed by atoms with Crippen molar-refractivity contribution in [2.45, 2.75) is 32.4 Å². The molecule has 1 unspecified atom stereocenters. The number of carbonyl (C=O) groups is 2. The number of hydrogen-bond acceptors (Lipinski definition) is 5. The van der Waals surface area contributed by atoms with Crippen LogP contribution in [0.2, 0.25) is 5.02 Å². The second kappa shape index (κ2) is 9.77. The van der Waals surface area contributed by atoms with Crippen LogP contribution in [-0.4, -0.2) is 35.3 Å². The molecule has 2 aromatic carbocycles. The number of ether oxygens (including phenoxy) is 1. The molecule has 35 heavy (non-hydrogen) atoms. The Bertz CT molecular complexity index is 1440. The Kier molecular flexibility index (Phi) is 6.77. The number of ketones is 1. The summed E-state index contributed by atoms with van der Waals surface area (Å²) in [5.74, 6) is 0.207. The van der Waals surface area contributed by atoms with E-state index in [0.717, 1.165) is 11.1 Å². The van der Waals surface area contributed by atoms with E-state index >= 15 is 0 Å². The molecule has 0 radical (unpaired) electrons. The molecule has 1 aliphatic heterocycles. The molecular weight excluding hydrogens is 466 g/mol. The highest BCUT2D eigenvalue weighted by atomic mass is 35.5. The zero-order valence-corrected chi connectivity index (χ0v) is 20.4. The largest absolute Gasteiger partial charge is 0.495 e. The number of amides is 1. The summed E-state index contributed by atoms with van der Waals surface area (Å²) in [6.07, 6.45) is 2.06. The Labute approximate surface area is 208 Å². The molecule has 3 aromatic rings. The molecule has 178 valence electrons. The van der Waals surface area contributed by atoms with E-state index in [1.165, 1.54) is 23.9 Å². The molecule has 0 N–H and O–H groups in total. The minimum absolute atomic E-state index is 0.0256. The zero-order valence-electron chi connectivity index (χ0n) is 19.7. The normalized spacial score (nSPS) is 13.3. The molecule has 0 saturated carbocycles. The topological polar surface area (TPSA) is 92.4 Å². The summed E-state index contributed by atoms with van der Waals surface area (Å²) in [5, 5.41) is 9.93. The van der Waals surface area contributed by atoms with Gasteiger partial charge in [0.15, 0.2) is 5.78 Å². The number of methoxy groups -OCH3 is 1. The lowest BCUT2D eigenvalue weighted by Gasteiger charge is -2.20. The van der Waals surface area contributed by atoms with Gasteiger partial charge in [-0.05, 0) is 41.8 Å². The first-order chi connectivity index (χ1) is 16.8. The Morgan fingerprint density at radius 2 is 1.91 bits per heavy atom. The molecule has 1 atom stereocenters. The number of nitriles is 1. The van der Waals surface area contributed by atoms with E-state index in [-0.39, 0.29) is 23.7 Å². The minimum Gasteiger partial charge on any atom is -0.495 e. The summed E-state index contributed by atoms with van der Waals surface area (Å²) in [6, 6.07) is 13.0. The summed E-state index contributed by atoms with van der Waals surface area (Å²) < 4.78 is 6.92. The lowest BCUT2D eigenvalue weighted by Crippen LogP contribution is -2.30. The van der Waals surface area contributed by atoms with E-state index in [0.29, 0.717) is 46.0 Å². The van der Waals surface area contributed by atoms with Crippen LogP contribution in [0.5, 0.6) is 5.75 Å². The van der Waals surface area contributed by atoms with E-state index in [4.69, 9.17) is 16.3 Å². The summed E-state index contributed by atoms with van der Waals surface area (Å²) in [5.41, 5.74) is 3.24. The van der Waals surface area contributed by atoms with Crippen LogP contribution in [0.3, 0.4) is 0 Å². The van der Waals surface area contributed by atoms with E-state index in [1.807, 2.05) is 13.0 Å². The summed E-state index contributed by atoms with van der Waals surface area (Å²) in [6.45, 7) is 2.36. The van der Waals surface area contributed by atoms with Gasteiger partial charge in [0.25, 0.3) is 11.5 Å². The van der Waals surface area contributed by atoms with Crippen molar-refractivity contribution in [2.24, 2.45) is 0 Å². The average molecular weight is 490 g/mol. The second-order valence-corrected chi connectivity index (χ2v) is 8.96. The quantitative estimate of drug-likeness (QED) is 0.490. The summed E-state index contributed by atoms with van der Waals surface area (Å²) in [7, 11) is 3.21. The van der Waals surface area contributed by atoms with Crippen molar-refractivity contribution >= 4 is 23.3 Å². The minimum atomic E-state index is -0.696. The fraction of sp³-hybridized carbons (Fsp3) is 0.259. The predicted molar refractivity (Wildman–Crippen MR) is 133 cm³/mol. The Balaban J connectivity index is 1.67. The maximum atomic E-state index is 13.3. The Morgan fingerprint density at radius 1 is 1.14 bits per heavy atom. The van der Waals surface area contributed by atoms with Gasteiger partial charge in [-0.2, -0.15) is 5.26 Å². The molecule has 1 aliphatic rings. The highest BCUT2D eigenvalue weighted by Gasteiger charge is 2.26. The molecule has 4 rings (SSSR count). The van der Waals surface area contributed by atoms with Gasteiger partial charge in [-0.3, -0.25) is 14.4 Å². The van der Waals surface area contributed by atoms with Gasteiger partial charge in [0.1, 0.15) is 5.75 Å². The third kappa shape index (κ3) is 4.58. The Morgan fingerprint density at radius 3 is 2.60 bits per heavy atom. The number of fused-ring (bicyclic) bond motifs is 1. The second-order valence-electron chi connectivity index (χ2n) is 8.52. The van der Waals surface area contributed by atoms with Gasteiger partial charge in [0.2, 0.25) is 0 Å². The fourth-order valence-electron chi connectivity index (χ4n) is 4.51. The van der Waals surface area contributed by atoms with Gasteiger partial charge in [0, 0.05) is 47.8 Å². The SMILES string of the molecule is CCC(C(=O)Cc1ccc2c(c1)CN(C)C2=O)n1cc(OC)c(-c2cc(Cl)ccc2C#N)cc1=O. The van der Waals surface area contributed by atoms with Crippen molar-refractivity contribution < 1.29 is 14.3 Å². The van der Waals surface area contributed by atoms with Crippen LogP contribution in [0.1, 0.15) is 46.4 Å². The van der Waals surface area contributed by atoms with Gasteiger partial charge in [0.05, 0.1) is 31.0 Å². The van der Waals surface area contributed by atoms with E-state index in [9.17, 15) is 19.6 Å². The molecule has 8 heteroatoms. The van der Waals surface area contributed by atoms with Gasteiger partial charge in [-0.15, -0.1) is 0 Å². The van der Waals surface area contributed by atoms with Crippen LogP contribution in [-0.2, 0) is 17.8 Å². The van der Waals surface area contributed by atoms with Gasteiger partial charge >= 0.3 is 0 Å². The van der Waals surface area contributed by atoms with Crippen LogP contribution < -0.4 is 10.3 Å². The van der Waals surface area contributed by atoms with E-state index < -0.39 is 6.04 Å². The molecule has 0 spiro atoms.